The number of aryl methyl sites for hydroxylation is 1. The average Bonchev–Trinajstić information content (AvgIpc) is 3.64. The molecule has 7 aromatic rings. The third-order valence-electron chi connectivity index (χ3n) is 7.75. The van der Waals surface area contributed by atoms with Crippen LogP contribution in [0, 0.1) is 24.0 Å². The molecule has 0 aliphatic rings. The molecule has 12 nitrogen and oxygen atoms in total. The Bertz CT molecular complexity index is 2390. The molecule has 0 aliphatic carbocycles. The van der Waals surface area contributed by atoms with E-state index in [1.54, 1.807) is 49.7 Å². The minimum absolute atomic E-state index is 0.112. The Kier molecular flexibility index (Phi) is 7.29. The summed E-state index contributed by atoms with van der Waals surface area (Å²) in [6.07, 6.45) is 2.79. The van der Waals surface area contributed by atoms with Crippen LogP contribution in [0.3, 0.4) is 0 Å². The molecule has 0 fully saturated rings. The van der Waals surface area contributed by atoms with E-state index in [4.69, 9.17) is 18.9 Å². The van der Waals surface area contributed by atoms with Crippen molar-refractivity contribution in [3.05, 3.63) is 135 Å². The molecule has 4 aromatic heterocycles. The molecule has 0 unspecified atom stereocenters. The van der Waals surface area contributed by atoms with Crippen LogP contribution >= 0.6 is 0 Å². The molecule has 12 heteroatoms. The number of nitrogens with zero attached hydrogens (tertiary/aromatic N) is 6. The Morgan fingerprint density at radius 2 is 1.77 bits per heavy atom. The predicted octanol–water partition coefficient (Wildman–Crippen LogP) is 7.20. The van der Waals surface area contributed by atoms with E-state index in [9.17, 15) is 14.9 Å². The summed E-state index contributed by atoms with van der Waals surface area (Å²) in [6, 6.07) is 26.6. The fourth-order valence-electron chi connectivity index (χ4n) is 5.47. The Hall–Kier alpha value is -6.56. The average molecular weight is 627 g/mol. The fraction of sp³-hybridized carbons (Fsp3) is 0.0857. The zero-order valence-corrected chi connectivity index (χ0v) is 25.4. The number of nitro groups is 1. The first-order valence-electron chi connectivity index (χ1n) is 14.5. The van der Waals surface area contributed by atoms with Gasteiger partial charge >= 0.3 is 0 Å². The molecule has 47 heavy (non-hydrogen) atoms. The van der Waals surface area contributed by atoms with Crippen molar-refractivity contribution >= 4 is 33.8 Å². The number of hydrogen-bond donors (Lipinski definition) is 0. The third kappa shape index (κ3) is 5.37. The maximum Gasteiger partial charge on any atom is 0.287 e. The van der Waals surface area contributed by atoms with Crippen LogP contribution in [0.2, 0.25) is 0 Å². The van der Waals surface area contributed by atoms with Crippen molar-refractivity contribution in [3.8, 4) is 34.7 Å². The van der Waals surface area contributed by atoms with Crippen LogP contribution in [0.25, 0.3) is 39.1 Å². The molecule has 0 bridgehead atoms. The van der Waals surface area contributed by atoms with Crippen LogP contribution in [0.15, 0.2) is 112 Å². The highest BCUT2D eigenvalue weighted by Gasteiger charge is 2.18. The van der Waals surface area contributed by atoms with Crippen LogP contribution in [0.1, 0.15) is 17.0 Å². The van der Waals surface area contributed by atoms with Gasteiger partial charge in [-0.2, -0.15) is 9.78 Å². The lowest BCUT2D eigenvalue weighted by molar-refractivity contribution is -0.385. The second-order valence-electron chi connectivity index (χ2n) is 10.7. The zero-order valence-electron chi connectivity index (χ0n) is 25.4. The summed E-state index contributed by atoms with van der Waals surface area (Å²) in [5, 5.41) is 16.7. The highest BCUT2D eigenvalue weighted by Crippen LogP contribution is 2.33. The number of furan rings is 1. The molecule has 0 radical (unpaired) electrons. The highest BCUT2D eigenvalue weighted by atomic mass is 16.6. The summed E-state index contributed by atoms with van der Waals surface area (Å²) < 4.78 is 20.7. The largest absolute Gasteiger partial charge is 0.496 e. The third-order valence-corrected chi connectivity index (χ3v) is 7.75. The molecule has 232 valence electrons. The minimum Gasteiger partial charge on any atom is -0.496 e. The van der Waals surface area contributed by atoms with Crippen LogP contribution in [-0.4, -0.2) is 37.5 Å². The van der Waals surface area contributed by atoms with Crippen molar-refractivity contribution in [1.29, 1.82) is 0 Å². The SMILES string of the molecule is COc1cccc2oc(-c3nc4ccccc4c(=O)n3N=Cc3cc(C)n(-c4ccc(Oc5ccc([N+](=O)[O-])cn5)cc4)c3C)cc12. The maximum absolute atomic E-state index is 13.8. The Labute approximate surface area is 266 Å². The van der Waals surface area contributed by atoms with Crippen molar-refractivity contribution in [1.82, 2.24) is 19.2 Å². The number of methoxy groups -OCH3 is 1. The molecular weight excluding hydrogens is 600 g/mol. The van der Waals surface area contributed by atoms with E-state index in [1.165, 1.54) is 16.8 Å². The number of aromatic nitrogens is 4. The molecule has 0 atom stereocenters. The second kappa shape index (κ2) is 11.7. The highest BCUT2D eigenvalue weighted by molar-refractivity contribution is 5.89. The van der Waals surface area contributed by atoms with Gasteiger partial charge in [0.05, 0.1) is 34.5 Å². The van der Waals surface area contributed by atoms with Crippen molar-refractivity contribution < 1.29 is 18.8 Å². The van der Waals surface area contributed by atoms with Crippen molar-refractivity contribution in [2.75, 3.05) is 7.11 Å². The second-order valence-corrected chi connectivity index (χ2v) is 10.7. The van der Waals surface area contributed by atoms with Gasteiger partial charge in [-0.3, -0.25) is 14.9 Å². The molecule has 0 saturated heterocycles. The molecule has 0 aliphatic heterocycles. The van der Waals surface area contributed by atoms with E-state index in [1.807, 2.05) is 56.3 Å². The lowest BCUT2D eigenvalue weighted by atomic mass is 10.2. The van der Waals surface area contributed by atoms with Gasteiger partial charge in [0, 0.05) is 34.8 Å². The molecule has 7 rings (SSSR count). The van der Waals surface area contributed by atoms with Gasteiger partial charge in [0.1, 0.15) is 23.3 Å². The Balaban J connectivity index is 1.23. The first-order chi connectivity index (χ1) is 22.8. The molecule has 0 saturated carbocycles. The number of fused-ring (bicyclic) bond motifs is 2. The topological polar surface area (TPSA) is 140 Å². The molecule has 4 heterocycles. The predicted molar refractivity (Wildman–Crippen MR) is 177 cm³/mol. The van der Waals surface area contributed by atoms with Gasteiger partial charge in [-0.05, 0) is 74.5 Å². The number of ether oxygens (including phenoxy) is 2. The van der Waals surface area contributed by atoms with E-state index in [0.717, 1.165) is 34.2 Å². The van der Waals surface area contributed by atoms with Gasteiger partial charge in [0.25, 0.3) is 11.2 Å². The molecule has 0 amide bonds. The summed E-state index contributed by atoms with van der Waals surface area (Å²) in [7, 11) is 1.59. The van der Waals surface area contributed by atoms with E-state index in [-0.39, 0.29) is 23.0 Å². The van der Waals surface area contributed by atoms with Gasteiger partial charge in [-0.1, -0.05) is 18.2 Å². The van der Waals surface area contributed by atoms with Crippen molar-refractivity contribution in [2.24, 2.45) is 5.10 Å². The summed E-state index contributed by atoms with van der Waals surface area (Å²) in [4.78, 5) is 32.9. The fourth-order valence-corrected chi connectivity index (χ4v) is 5.47. The monoisotopic (exact) mass is 626 g/mol. The number of hydrogen-bond acceptors (Lipinski definition) is 9. The summed E-state index contributed by atoms with van der Waals surface area (Å²) >= 11 is 0. The van der Waals surface area contributed by atoms with Gasteiger partial charge in [-0.25, -0.2) is 9.97 Å². The van der Waals surface area contributed by atoms with Crippen LogP contribution in [0.5, 0.6) is 17.4 Å². The minimum atomic E-state index is -0.513. The Morgan fingerprint density at radius 1 is 0.957 bits per heavy atom. The lowest BCUT2D eigenvalue weighted by Crippen LogP contribution is -2.20. The van der Waals surface area contributed by atoms with Gasteiger partial charge in [0.15, 0.2) is 5.76 Å². The molecule has 0 spiro atoms. The summed E-state index contributed by atoms with van der Waals surface area (Å²) in [6.45, 7) is 3.94. The zero-order chi connectivity index (χ0) is 32.7. The quantitative estimate of drug-likeness (QED) is 0.0980. The van der Waals surface area contributed by atoms with E-state index >= 15 is 0 Å². The van der Waals surface area contributed by atoms with Gasteiger partial charge in [0.2, 0.25) is 11.7 Å². The number of para-hydroxylation sites is 1. The molecule has 0 N–H and O–H groups in total. The van der Waals surface area contributed by atoms with E-state index in [2.05, 4.69) is 14.7 Å². The maximum atomic E-state index is 13.8. The van der Waals surface area contributed by atoms with Crippen LogP contribution in [-0.2, 0) is 0 Å². The molecular formula is C35H26N6O6. The van der Waals surface area contributed by atoms with Crippen molar-refractivity contribution in [3.63, 3.8) is 0 Å². The van der Waals surface area contributed by atoms with Crippen LogP contribution in [0.4, 0.5) is 5.69 Å². The smallest absolute Gasteiger partial charge is 0.287 e. The van der Waals surface area contributed by atoms with Gasteiger partial charge in [-0.15, -0.1) is 0 Å². The lowest BCUT2D eigenvalue weighted by Gasteiger charge is -2.11. The normalized spacial score (nSPS) is 11.5. The summed E-state index contributed by atoms with van der Waals surface area (Å²) in [5.74, 6) is 2.05. The molecule has 3 aromatic carbocycles. The summed E-state index contributed by atoms with van der Waals surface area (Å²) in [5.41, 5.74) is 4.21. The number of benzene rings is 3. The van der Waals surface area contributed by atoms with E-state index < -0.39 is 4.92 Å². The van der Waals surface area contributed by atoms with Gasteiger partial charge < -0.3 is 18.5 Å². The number of rotatable bonds is 8. The first-order valence-corrected chi connectivity index (χ1v) is 14.5. The van der Waals surface area contributed by atoms with Crippen molar-refractivity contribution in [2.45, 2.75) is 13.8 Å². The first kappa shape index (κ1) is 29.2. The van der Waals surface area contributed by atoms with Crippen LogP contribution < -0.4 is 15.0 Å². The number of pyridine rings is 1. The standard InChI is InChI=1S/C35H26N6O6/c1-21-17-23(22(2)39(21)24-11-14-26(15-12-24)46-33-16-13-25(20-36-33)41(43)44)19-37-40-34(38-29-8-5-4-7-27(29)35(40)42)32-18-28-30(45-3)9-6-10-31(28)47-32/h4-20H,1-3H3. The Morgan fingerprint density at radius 3 is 2.51 bits per heavy atom. The van der Waals surface area contributed by atoms with E-state index in [0.29, 0.717) is 33.7 Å².